The first-order chi connectivity index (χ1) is 24.3. The number of alkyl carbamates (subject to hydrolysis) is 1. The van der Waals surface area contributed by atoms with Crippen molar-refractivity contribution in [1.82, 2.24) is 5.32 Å². The Balaban J connectivity index is 0. The smallest absolute Gasteiger partial charge is 0.408 e. The number of nitrogens with one attached hydrogen (secondary N) is 1. The van der Waals surface area contributed by atoms with Crippen LogP contribution in [0.15, 0.2) is 24.3 Å². The van der Waals surface area contributed by atoms with Gasteiger partial charge in [0.2, 0.25) is 0 Å². The number of ketones is 1. The minimum absolute atomic E-state index is 0.0154. The molecule has 0 aliphatic rings. The number of ether oxygens (including phenoxy) is 1. The largest absolute Gasteiger partial charge is 0.444 e. The average molecular weight is 723 g/mol. The van der Waals surface area contributed by atoms with E-state index in [2.05, 4.69) is 19.2 Å². The number of hydrogen-bond acceptors (Lipinski definition) is 6. The van der Waals surface area contributed by atoms with Gasteiger partial charge in [-0.2, -0.15) is 0 Å². The van der Waals surface area contributed by atoms with Crippen molar-refractivity contribution in [1.29, 1.82) is 0 Å². The maximum atomic E-state index is 12.4. The highest BCUT2D eigenvalue weighted by atomic mass is 16.6. The van der Waals surface area contributed by atoms with Gasteiger partial charge < -0.3 is 26.0 Å². The lowest BCUT2D eigenvalue weighted by Gasteiger charge is -2.24. The lowest BCUT2D eigenvalue weighted by Crippen LogP contribution is -2.45. The molecule has 5 N–H and O–H groups in total. The van der Waals surface area contributed by atoms with E-state index in [-0.39, 0.29) is 11.7 Å². The van der Waals surface area contributed by atoms with Gasteiger partial charge in [-0.05, 0) is 65.4 Å². The molecule has 0 aliphatic carbocycles. The van der Waals surface area contributed by atoms with Gasteiger partial charge in [-0.25, -0.2) is 4.79 Å². The number of aliphatic hydroxyl groups is 2. The fourth-order valence-electron chi connectivity index (χ4n) is 5.81. The van der Waals surface area contributed by atoms with E-state index < -0.39 is 36.0 Å². The van der Waals surface area contributed by atoms with Crippen LogP contribution in [-0.2, 0) is 9.53 Å². The Kier molecular flexibility index (Phi) is 35.6. The summed E-state index contributed by atoms with van der Waals surface area (Å²) in [6.07, 6.45) is 36.6. The molecule has 0 aromatic heterocycles. The Morgan fingerprint density at radius 2 is 1.02 bits per heavy atom. The van der Waals surface area contributed by atoms with E-state index >= 15 is 0 Å². The second-order valence-electron chi connectivity index (χ2n) is 16.1. The summed E-state index contributed by atoms with van der Waals surface area (Å²) in [7, 11) is 0. The van der Waals surface area contributed by atoms with Gasteiger partial charge in [0, 0.05) is 0 Å². The van der Waals surface area contributed by atoms with Crippen LogP contribution in [0.1, 0.15) is 209 Å². The topological polar surface area (TPSA) is 122 Å². The summed E-state index contributed by atoms with van der Waals surface area (Å²) in [5, 5.41) is 21.7. The fraction of sp³-hybridized carbons (Fsp3) is 0.864. The van der Waals surface area contributed by atoms with Crippen LogP contribution in [0, 0.1) is 5.92 Å². The molecular weight excluding hydrogens is 636 g/mol. The highest BCUT2D eigenvalue weighted by molar-refractivity contribution is 5.96. The second kappa shape index (κ2) is 35.3. The number of amides is 1. The highest BCUT2D eigenvalue weighted by Gasteiger charge is 2.25. The minimum Gasteiger partial charge on any atom is -0.444 e. The molecule has 0 aromatic rings. The van der Waals surface area contributed by atoms with Gasteiger partial charge in [0.25, 0.3) is 0 Å². The third-order valence-corrected chi connectivity index (χ3v) is 9.16. The van der Waals surface area contributed by atoms with Gasteiger partial charge in [0.05, 0.1) is 24.3 Å². The van der Waals surface area contributed by atoms with Crippen molar-refractivity contribution in [3.8, 4) is 0 Å². The van der Waals surface area contributed by atoms with Crippen molar-refractivity contribution >= 4 is 11.9 Å². The van der Waals surface area contributed by atoms with Crippen LogP contribution in [0.5, 0.6) is 0 Å². The Labute approximate surface area is 316 Å². The zero-order chi connectivity index (χ0) is 38.8. The number of carbonyl (C=O) groups excluding carboxylic acids is 2. The van der Waals surface area contributed by atoms with Gasteiger partial charge in [-0.15, -0.1) is 0 Å². The van der Waals surface area contributed by atoms with Crippen molar-refractivity contribution in [2.24, 2.45) is 11.7 Å². The van der Waals surface area contributed by atoms with Crippen LogP contribution in [0.3, 0.4) is 0 Å². The molecule has 0 saturated carbocycles. The molecule has 1 amide bonds. The normalized spacial score (nSPS) is 14.4. The van der Waals surface area contributed by atoms with Crippen molar-refractivity contribution in [2.75, 3.05) is 0 Å². The summed E-state index contributed by atoms with van der Waals surface area (Å²) in [4.78, 5) is 24.4. The Morgan fingerprint density at radius 1 is 0.647 bits per heavy atom. The molecule has 0 aliphatic heterocycles. The number of aliphatic hydroxyl groups excluding tert-OH is 2. The second-order valence-corrected chi connectivity index (χ2v) is 16.1. The third-order valence-electron chi connectivity index (χ3n) is 9.16. The van der Waals surface area contributed by atoms with Crippen LogP contribution in [-0.4, -0.2) is 52.0 Å². The van der Waals surface area contributed by atoms with E-state index in [0.29, 0.717) is 0 Å². The van der Waals surface area contributed by atoms with Gasteiger partial charge >= 0.3 is 6.09 Å². The molecule has 0 radical (unpaired) electrons. The first-order valence-electron chi connectivity index (χ1n) is 21.2. The average Bonchev–Trinajstić information content (AvgIpc) is 3.06. The molecule has 7 nitrogen and oxygen atoms in total. The van der Waals surface area contributed by atoms with Crippen LogP contribution in [0.25, 0.3) is 0 Å². The summed E-state index contributed by atoms with van der Waals surface area (Å²) in [6.45, 7) is 15.4. The van der Waals surface area contributed by atoms with Crippen molar-refractivity contribution in [3.05, 3.63) is 24.3 Å². The Bertz CT molecular complexity index is 849. The maximum Gasteiger partial charge on any atom is 0.408 e. The molecular formula is C44H86N2O5. The van der Waals surface area contributed by atoms with Crippen LogP contribution in [0.2, 0.25) is 0 Å². The molecule has 0 spiro atoms. The summed E-state index contributed by atoms with van der Waals surface area (Å²) in [6, 6.07) is -1.13. The monoisotopic (exact) mass is 723 g/mol. The quantitative estimate of drug-likeness (QED) is 0.0321. The van der Waals surface area contributed by atoms with E-state index in [0.717, 1.165) is 19.3 Å². The summed E-state index contributed by atoms with van der Waals surface area (Å²) < 4.78 is 5.26. The molecule has 0 aromatic carbocycles. The number of rotatable bonds is 31. The Morgan fingerprint density at radius 3 is 1.37 bits per heavy atom. The van der Waals surface area contributed by atoms with Gasteiger partial charge in [-0.3, -0.25) is 4.79 Å². The molecule has 0 fully saturated rings. The highest BCUT2D eigenvalue weighted by Crippen LogP contribution is 2.14. The lowest BCUT2D eigenvalue weighted by atomic mass is 9.99. The van der Waals surface area contributed by atoms with E-state index in [1.165, 1.54) is 135 Å². The first-order valence-corrected chi connectivity index (χ1v) is 21.2. The first kappa shape index (κ1) is 51.4. The summed E-state index contributed by atoms with van der Waals surface area (Å²) in [5.41, 5.74) is 5.09. The summed E-state index contributed by atoms with van der Waals surface area (Å²) in [5.74, 6) is -0.0458. The van der Waals surface area contributed by atoms with Crippen molar-refractivity contribution in [3.63, 3.8) is 0 Å². The van der Waals surface area contributed by atoms with Gasteiger partial charge in [0.15, 0.2) is 5.78 Å². The number of hydrogen-bond donors (Lipinski definition) is 4. The van der Waals surface area contributed by atoms with Crippen molar-refractivity contribution < 1.29 is 24.5 Å². The number of unbranched alkanes of at least 4 members (excludes halogenated alkanes) is 22. The SMILES string of the molecule is CCCCCCCCCCCCC/C=C/C(=O)[C@@H](NC(=O)OC(C)(C)C)C(C)C.CCCCCCCCCCCCC/C=C/[C@H](O)[C@@H](N)[C@H](C)O. The minimum atomic E-state index is -0.743. The number of carbonyl (C=O) groups is 2. The van der Waals surface area contributed by atoms with E-state index in [1.807, 2.05) is 46.8 Å². The fourth-order valence-corrected chi connectivity index (χ4v) is 5.81. The summed E-state index contributed by atoms with van der Waals surface area (Å²) >= 11 is 0. The van der Waals surface area contributed by atoms with Crippen LogP contribution in [0.4, 0.5) is 4.79 Å². The number of nitrogens with two attached hydrogens (primary N) is 1. The molecule has 51 heavy (non-hydrogen) atoms. The van der Waals surface area contributed by atoms with E-state index in [9.17, 15) is 19.8 Å². The molecule has 0 bridgehead atoms. The van der Waals surface area contributed by atoms with Crippen molar-refractivity contribution in [2.45, 2.75) is 239 Å². The molecule has 4 atom stereocenters. The Hall–Kier alpha value is -1.70. The van der Waals surface area contributed by atoms with Crippen LogP contribution < -0.4 is 11.1 Å². The van der Waals surface area contributed by atoms with E-state index in [4.69, 9.17) is 10.5 Å². The zero-order valence-corrected chi connectivity index (χ0v) is 34.9. The van der Waals surface area contributed by atoms with E-state index in [1.54, 1.807) is 19.1 Å². The predicted molar refractivity (Wildman–Crippen MR) is 219 cm³/mol. The van der Waals surface area contributed by atoms with Crippen LogP contribution >= 0.6 is 0 Å². The zero-order valence-electron chi connectivity index (χ0n) is 34.9. The molecule has 0 rings (SSSR count). The predicted octanol–water partition coefficient (Wildman–Crippen LogP) is 11.7. The maximum absolute atomic E-state index is 12.4. The molecule has 302 valence electrons. The standard InChI is InChI=1S/C25H47NO3.C19H39NO2/c1-7-8-9-10-11-12-13-14-15-16-17-18-19-20-22(27)23(21(2)3)26-24(28)29-25(4,5)6;1-3-4-5-6-7-8-9-10-11-12-13-14-15-16-18(22)19(20)17(2)21/h19-21,23H,7-18H2,1-6H3,(H,26,28);15-19,21-22H,3-14,20H2,1-2H3/b20-19+;16-15+/t23-;17-,18-,19-/m00/s1. The molecule has 0 unspecified atom stereocenters. The lowest BCUT2D eigenvalue weighted by molar-refractivity contribution is -0.117. The molecule has 0 saturated heterocycles. The van der Waals surface area contributed by atoms with Gasteiger partial charge in [0.1, 0.15) is 5.60 Å². The number of allylic oxidation sites excluding steroid dienone is 2. The van der Waals surface area contributed by atoms with Gasteiger partial charge in [-0.1, -0.05) is 174 Å². The molecule has 0 heterocycles. The molecule has 7 heteroatoms. The third kappa shape index (κ3) is 36.4.